The summed E-state index contributed by atoms with van der Waals surface area (Å²) in [7, 11) is 0. The fraction of sp³-hybridized carbons (Fsp3) is 0.111. The summed E-state index contributed by atoms with van der Waals surface area (Å²) in [6, 6.07) is 12.3. The van der Waals surface area contributed by atoms with Gasteiger partial charge in [0.15, 0.2) is 0 Å². The number of halogens is 1. The summed E-state index contributed by atoms with van der Waals surface area (Å²) in [6.07, 6.45) is 0.135. The third kappa shape index (κ3) is 3.45. The predicted octanol–water partition coefficient (Wildman–Crippen LogP) is 3.42. The van der Waals surface area contributed by atoms with Gasteiger partial charge in [-0.05, 0) is 42.3 Å². The lowest BCUT2D eigenvalue weighted by molar-refractivity contribution is -0.115. The smallest absolute Gasteiger partial charge is 0.336 e. The van der Waals surface area contributed by atoms with Crippen LogP contribution in [0.1, 0.15) is 11.1 Å². The zero-order valence-electron chi connectivity index (χ0n) is 12.4. The Morgan fingerprint density at radius 1 is 1.13 bits per heavy atom. The number of rotatable bonds is 3. The van der Waals surface area contributed by atoms with Crippen LogP contribution in [0.3, 0.4) is 0 Å². The Balaban J connectivity index is 1.79. The number of hydrogen-bond acceptors (Lipinski definition) is 3. The van der Waals surface area contributed by atoms with Crippen LogP contribution in [0.5, 0.6) is 0 Å². The first-order chi connectivity index (χ1) is 11.0. The molecule has 0 radical (unpaired) electrons. The highest BCUT2D eigenvalue weighted by molar-refractivity contribution is 5.94. The summed E-state index contributed by atoms with van der Waals surface area (Å²) in [5.41, 5.74) is 2.07. The molecule has 1 N–H and O–H groups in total. The molecule has 0 spiro atoms. The van der Waals surface area contributed by atoms with Crippen molar-refractivity contribution in [2.75, 3.05) is 5.32 Å². The van der Waals surface area contributed by atoms with Crippen molar-refractivity contribution in [3.63, 3.8) is 0 Å². The normalized spacial score (nSPS) is 10.7. The second kappa shape index (κ2) is 6.04. The molecule has 0 atom stereocenters. The van der Waals surface area contributed by atoms with E-state index in [2.05, 4.69) is 5.32 Å². The summed E-state index contributed by atoms with van der Waals surface area (Å²) in [5, 5.41) is 3.56. The minimum Gasteiger partial charge on any atom is -0.423 e. The van der Waals surface area contributed by atoms with E-state index >= 15 is 0 Å². The molecular formula is C18H14FNO3. The molecule has 0 bridgehead atoms. The monoisotopic (exact) mass is 311 g/mol. The van der Waals surface area contributed by atoms with Gasteiger partial charge in [-0.25, -0.2) is 9.18 Å². The van der Waals surface area contributed by atoms with E-state index in [0.29, 0.717) is 16.8 Å². The summed E-state index contributed by atoms with van der Waals surface area (Å²) in [4.78, 5) is 23.5. The molecule has 0 fully saturated rings. The molecule has 0 saturated carbocycles. The molecule has 4 nitrogen and oxygen atoms in total. The van der Waals surface area contributed by atoms with E-state index in [1.807, 2.05) is 6.92 Å². The van der Waals surface area contributed by atoms with Crippen LogP contribution < -0.4 is 10.9 Å². The Labute approximate surface area is 131 Å². The highest BCUT2D eigenvalue weighted by atomic mass is 19.1. The summed E-state index contributed by atoms with van der Waals surface area (Å²) in [6.45, 7) is 1.83. The van der Waals surface area contributed by atoms with Crippen LogP contribution >= 0.6 is 0 Å². The minimum absolute atomic E-state index is 0.135. The van der Waals surface area contributed by atoms with Gasteiger partial charge in [-0.1, -0.05) is 12.1 Å². The molecule has 2 aromatic carbocycles. The SMILES string of the molecule is Cc1cc(=O)oc2cc(NC(=O)Cc3ccc(F)cc3)ccc12. The number of carbonyl (C=O) groups excluding carboxylic acids is 1. The van der Waals surface area contributed by atoms with Crippen molar-refractivity contribution in [2.24, 2.45) is 0 Å². The summed E-state index contributed by atoms with van der Waals surface area (Å²) in [5.74, 6) is -0.569. The van der Waals surface area contributed by atoms with E-state index in [1.165, 1.54) is 18.2 Å². The van der Waals surface area contributed by atoms with Gasteiger partial charge in [0, 0.05) is 23.2 Å². The number of fused-ring (bicyclic) bond motifs is 1. The number of anilines is 1. The first-order valence-corrected chi connectivity index (χ1v) is 7.10. The Morgan fingerprint density at radius 3 is 2.61 bits per heavy atom. The second-order valence-corrected chi connectivity index (χ2v) is 5.31. The molecule has 1 amide bonds. The number of nitrogens with one attached hydrogen (secondary N) is 1. The number of amides is 1. The molecule has 1 heterocycles. The van der Waals surface area contributed by atoms with Gasteiger partial charge < -0.3 is 9.73 Å². The number of aryl methyl sites for hydroxylation is 1. The van der Waals surface area contributed by atoms with Gasteiger partial charge in [0.25, 0.3) is 0 Å². The molecule has 5 heteroatoms. The van der Waals surface area contributed by atoms with Crippen molar-refractivity contribution < 1.29 is 13.6 Å². The van der Waals surface area contributed by atoms with Gasteiger partial charge in [-0.2, -0.15) is 0 Å². The van der Waals surface area contributed by atoms with Crippen molar-refractivity contribution in [1.29, 1.82) is 0 Å². The van der Waals surface area contributed by atoms with Crippen LogP contribution in [0.15, 0.2) is 57.7 Å². The predicted molar refractivity (Wildman–Crippen MR) is 86.0 cm³/mol. The fourth-order valence-corrected chi connectivity index (χ4v) is 2.40. The van der Waals surface area contributed by atoms with Gasteiger partial charge in [-0.3, -0.25) is 4.79 Å². The van der Waals surface area contributed by atoms with Crippen molar-refractivity contribution in [3.05, 3.63) is 75.9 Å². The molecule has 1 aromatic heterocycles. The molecule has 23 heavy (non-hydrogen) atoms. The molecular weight excluding hydrogens is 297 g/mol. The highest BCUT2D eigenvalue weighted by Gasteiger charge is 2.07. The molecule has 3 rings (SSSR count). The van der Waals surface area contributed by atoms with Gasteiger partial charge in [0.2, 0.25) is 5.91 Å². The van der Waals surface area contributed by atoms with E-state index < -0.39 is 5.63 Å². The Morgan fingerprint density at radius 2 is 1.87 bits per heavy atom. The molecule has 0 saturated heterocycles. The fourth-order valence-electron chi connectivity index (χ4n) is 2.40. The van der Waals surface area contributed by atoms with Crippen LogP contribution in [-0.2, 0) is 11.2 Å². The largest absolute Gasteiger partial charge is 0.423 e. The maximum atomic E-state index is 12.8. The van der Waals surface area contributed by atoms with Crippen molar-refractivity contribution in [2.45, 2.75) is 13.3 Å². The van der Waals surface area contributed by atoms with E-state index in [1.54, 1.807) is 30.3 Å². The van der Waals surface area contributed by atoms with Gasteiger partial charge in [-0.15, -0.1) is 0 Å². The average molecular weight is 311 g/mol. The van der Waals surface area contributed by atoms with E-state index in [9.17, 15) is 14.0 Å². The van der Waals surface area contributed by atoms with Gasteiger partial charge in [0.1, 0.15) is 11.4 Å². The maximum Gasteiger partial charge on any atom is 0.336 e. The Kier molecular flexibility index (Phi) is 3.93. The molecule has 0 aliphatic heterocycles. The number of benzene rings is 2. The van der Waals surface area contributed by atoms with E-state index in [4.69, 9.17) is 4.42 Å². The third-order valence-corrected chi connectivity index (χ3v) is 3.51. The Bertz CT molecular complexity index is 929. The highest BCUT2D eigenvalue weighted by Crippen LogP contribution is 2.20. The standard InChI is InChI=1S/C18H14FNO3/c1-11-8-18(22)23-16-10-14(6-7-15(11)16)20-17(21)9-12-2-4-13(19)5-3-12/h2-8,10H,9H2,1H3,(H,20,21). The van der Waals surface area contributed by atoms with Crippen LogP contribution in [0, 0.1) is 12.7 Å². The van der Waals surface area contributed by atoms with Crippen LogP contribution in [-0.4, -0.2) is 5.91 Å². The van der Waals surface area contributed by atoms with Crippen LogP contribution in [0.4, 0.5) is 10.1 Å². The van der Waals surface area contributed by atoms with Crippen molar-refractivity contribution in [1.82, 2.24) is 0 Å². The van der Waals surface area contributed by atoms with Gasteiger partial charge >= 0.3 is 5.63 Å². The lowest BCUT2D eigenvalue weighted by Crippen LogP contribution is -2.14. The van der Waals surface area contributed by atoms with Crippen molar-refractivity contribution in [3.8, 4) is 0 Å². The summed E-state index contributed by atoms with van der Waals surface area (Å²) < 4.78 is 18.0. The topological polar surface area (TPSA) is 59.3 Å². The lowest BCUT2D eigenvalue weighted by Gasteiger charge is -2.07. The second-order valence-electron chi connectivity index (χ2n) is 5.31. The molecule has 0 aliphatic carbocycles. The molecule has 3 aromatic rings. The maximum absolute atomic E-state index is 12.8. The quantitative estimate of drug-likeness (QED) is 0.754. The average Bonchev–Trinajstić information content (AvgIpc) is 2.49. The lowest BCUT2D eigenvalue weighted by atomic mass is 10.1. The zero-order valence-corrected chi connectivity index (χ0v) is 12.4. The molecule has 0 aliphatic rings. The van der Waals surface area contributed by atoms with Gasteiger partial charge in [0.05, 0.1) is 6.42 Å². The number of carbonyl (C=O) groups is 1. The first kappa shape index (κ1) is 15.0. The van der Waals surface area contributed by atoms with E-state index in [-0.39, 0.29) is 18.1 Å². The van der Waals surface area contributed by atoms with E-state index in [0.717, 1.165) is 10.9 Å². The minimum atomic E-state index is -0.426. The van der Waals surface area contributed by atoms with Crippen LogP contribution in [0.2, 0.25) is 0 Å². The third-order valence-electron chi connectivity index (χ3n) is 3.51. The molecule has 116 valence electrons. The van der Waals surface area contributed by atoms with Crippen molar-refractivity contribution >= 4 is 22.6 Å². The number of hydrogen-bond donors (Lipinski definition) is 1. The first-order valence-electron chi connectivity index (χ1n) is 7.10. The zero-order chi connectivity index (χ0) is 16.4. The van der Waals surface area contributed by atoms with Crippen LogP contribution in [0.25, 0.3) is 11.0 Å². The molecule has 0 unspecified atom stereocenters. The summed E-state index contributed by atoms with van der Waals surface area (Å²) >= 11 is 0. The Hall–Kier alpha value is -2.95.